The number of nitrogens with zero attached hydrogens (tertiary/aromatic N) is 2. The fourth-order valence-corrected chi connectivity index (χ4v) is 5.91. The molecule has 2 aliphatic heterocycles. The van der Waals surface area contributed by atoms with Crippen LogP contribution in [-0.4, -0.2) is 35.3 Å². The van der Waals surface area contributed by atoms with Crippen LogP contribution in [0.25, 0.3) is 10.1 Å². The maximum atomic E-state index is 13.1. The van der Waals surface area contributed by atoms with E-state index >= 15 is 0 Å². The average Bonchev–Trinajstić information content (AvgIpc) is 3.08. The molecule has 6 nitrogen and oxygen atoms in total. The number of ether oxygens (including phenoxy) is 1. The number of thioether (sulfide) groups is 1. The molecule has 150 valence electrons. The van der Waals surface area contributed by atoms with Gasteiger partial charge in [0.05, 0.1) is 22.1 Å². The molecule has 1 aromatic heterocycles. The molecule has 0 radical (unpaired) electrons. The van der Waals surface area contributed by atoms with Crippen LogP contribution in [0.4, 0.5) is 23.9 Å². The molecular formula is C17H15F3N2O4S2. The highest BCUT2D eigenvalue weighted by atomic mass is 32.2. The standard InChI is InChI=1S/C17H15F3N2O4S2/c18-17(19,20)10-7-11-13(23)9-14(28-15(11)12(8-10)22(24)25)21-3-1-16(2-4-21)26-5-6-27-16/h7-9H,1-6H2. The van der Waals surface area contributed by atoms with Gasteiger partial charge in [-0.2, -0.15) is 13.2 Å². The zero-order chi connectivity index (χ0) is 20.1. The van der Waals surface area contributed by atoms with E-state index in [1.54, 1.807) is 11.8 Å². The monoisotopic (exact) mass is 432 g/mol. The smallest absolute Gasteiger partial charge is 0.363 e. The molecule has 0 aliphatic carbocycles. The number of rotatable bonds is 2. The molecule has 2 aliphatic rings. The first-order valence-electron chi connectivity index (χ1n) is 8.55. The van der Waals surface area contributed by atoms with Crippen molar-refractivity contribution >= 4 is 43.9 Å². The van der Waals surface area contributed by atoms with E-state index in [2.05, 4.69) is 0 Å². The predicted octanol–water partition coefficient (Wildman–Crippen LogP) is 4.25. The van der Waals surface area contributed by atoms with Crippen LogP contribution in [0.3, 0.4) is 0 Å². The van der Waals surface area contributed by atoms with Crippen molar-refractivity contribution in [2.75, 3.05) is 30.3 Å². The number of hydrogen-bond donors (Lipinski definition) is 0. The lowest BCUT2D eigenvalue weighted by molar-refractivity contribution is -0.383. The van der Waals surface area contributed by atoms with Gasteiger partial charge in [-0.25, -0.2) is 0 Å². The summed E-state index contributed by atoms with van der Waals surface area (Å²) in [6, 6.07) is 2.47. The molecule has 11 heteroatoms. The van der Waals surface area contributed by atoms with Gasteiger partial charge in [0.15, 0.2) is 5.43 Å². The highest BCUT2D eigenvalue weighted by molar-refractivity contribution is 8.00. The molecule has 0 saturated carbocycles. The molecule has 0 N–H and O–H groups in total. The average molecular weight is 432 g/mol. The lowest BCUT2D eigenvalue weighted by Gasteiger charge is -2.38. The maximum absolute atomic E-state index is 13.1. The second-order valence-electron chi connectivity index (χ2n) is 6.67. The molecule has 1 spiro atoms. The van der Waals surface area contributed by atoms with Gasteiger partial charge in [-0.3, -0.25) is 14.9 Å². The van der Waals surface area contributed by atoms with Gasteiger partial charge in [0.2, 0.25) is 0 Å². The molecule has 2 fully saturated rings. The van der Waals surface area contributed by atoms with Gasteiger partial charge in [0.1, 0.15) is 9.63 Å². The van der Waals surface area contributed by atoms with Gasteiger partial charge in [-0.1, -0.05) is 0 Å². The third kappa shape index (κ3) is 3.46. The fraction of sp³-hybridized carbons (Fsp3) is 0.471. The molecule has 2 aromatic rings. The molecule has 3 heterocycles. The number of nitro benzene ring substituents is 1. The first-order chi connectivity index (χ1) is 13.2. The second kappa shape index (κ2) is 6.89. The summed E-state index contributed by atoms with van der Waals surface area (Å²) >= 11 is 2.76. The minimum absolute atomic E-state index is 0.0349. The highest BCUT2D eigenvalue weighted by Crippen LogP contribution is 2.44. The minimum Gasteiger partial charge on any atom is -0.363 e. The summed E-state index contributed by atoms with van der Waals surface area (Å²) in [4.78, 5) is 24.8. The summed E-state index contributed by atoms with van der Waals surface area (Å²) in [5.74, 6) is 0.942. The van der Waals surface area contributed by atoms with E-state index in [9.17, 15) is 28.1 Å². The van der Waals surface area contributed by atoms with E-state index in [0.717, 1.165) is 29.9 Å². The molecule has 0 atom stereocenters. The Bertz CT molecular complexity index is 992. The molecule has 0 bridgehead atoms. The summed E-state index contributed by atoms with van der Waals surface area (Å²) in [5.41, 5.74) is -2.54. The van der Waals surface area contributed by atoms with Crippen LogP contribution in [0.2, 0.25) is 0 Å². The zero-order valence-corrected chi connectivity index (χ0v) is 16.1. The number of fused-ring (bicyclic) bond motifs is 1. The Labute approximate surface area is 165 Å². The van der Waals surface area contributed by atoms with E-state index < -0.39 is 27.8 Å². The summed E-state index contributed by atoms with van der Waals surface area (Å²) in [5, 5.41) is 11.6. The van der Waals surface area contributed by atoms with Gasteiger partial charge in [-0.05, 0) is 6.07 Å². The van der Waals surface area contributed by atoms with E-state index in [1.165, 1.54) is 6.07 Å². The van der Waals surface area contributed by atoms with Gasteiger partial charge >= 0.3 is 6.18 Å². The normalized spacial score (nSPS) is 19.5. The predicted molar refractivity (Wildman–Crippen MR) is 102 cm³/mol. The van der Waals surface area contributed by atoms with Crippen LogP contribution in [-0.2, 0) is 10.9 Å². The Morgan fingerprint density at radius 2 is 1.93 bits per heavy atom. The van der Waals surface area contributed by atoms with Gasteiger partial charge in [-0.15, -0.1) is 23.1 Å². The summed E-state index contributed by atoms with van der Waals surface area (Å²) in [6.45, 7) is 1.94. The Morgan fingerprint density at radius 1 is 1.21 bits per heavy atom. The van der Waals surface area contributed by atoms with Crippen LogP contribution in [0.1, 0.15) is 18.4 Å². The van der Waals surface area contributed by atoms with Crippen LogP contribution in [0.5, 0.6) is 0 Å². The molecule has 28 heavy (non-hydrogen) atoms. The molecular weight excluding hydrogens is 417 g/mol. The number of benzene rings is 1. The van der Waals surface area contributed by atoms with Crippen molar-refractivity contribution in [1.29, 1.82) is 0 Å². The van der Waals surface area contributed by atoms with E-state index in [4.69, 9.17) is 4.74 Å². The third-order valence-electron chi connectivity index (χ3n) is 4.97. The van der Waals surface area contributed by atoms with E-state index in [0.29, 0.717) is 36.8 Å². The van der Waals surface area contributed by atoms with Crippen molar-refractivity contribution in [1.82, 2.24) is 0 Å². The number of halogens is 3. The zero-order valence-electron chi connectivity index (χ0n) is 14.5. The molecule has 0 unspecified atom stereocenters. The Hall–Kier alpha value is -1.85. The van der Waals surface area contributed by atoms with Crippen molar-refractivity contribution in [3.8, 4) is 0 Å². The lowest BCUT2D eigenvalue weighted by atomic mass is 10.1. The fourth-order valence-electron chi connectivity index (χ4n) is 3.54. The van der Waals surface area contributed by atoms with Crippen molar-refractivity contribution in [3.63, 3.8) is 0 Å². The number of non-ortho nitro benzene ring substituents is 1. The largest absolute Gasteiger partial charge is 0.416 e. The van der Waals surface area contributed by atoms with Gasteiger partial charge < -0.3 is 9.64 Å². The number of nitro groups is 1. The van der Waals surface area contributed by atoms with Crippen molar-refractivity contribution in [3.05, 3.63) is 44.1 Å². The quantitative estimate of drug-likeness (QED) is 0.522. The summed E-state index contributed by atoms with van der Waals surface area (Å²) in [6.07, 6.45) is -3.26. The number of hydrogen-bond acceptors (Lipinski definition) is 7. The Morgan fingerprint density at radius 3 is 2.50 bits per heavy atom. The topological polar surface area (TPSA) is 72.7 Å². The number of piperidine rings is 1. The van der Waals surface area contributed by atoms with E-state index in [-0.39, 0.29) is 15.0 Å². The second-order valence-corrected chi connectivity index (χ2v) is 9.14. The molecule has 2 saturated heterocycles. The summed E-state index contributed by atoms with van der Waals surface area (Å²) in [7, 11) is 0. The Kier molecular flexibility index (Phi) is 4.79. The summed E-state index contributed by atoms with van der Waals surface area (Å²) < 4.78 is 45.0. The molecule has 1 aromatic carbocycles. The van der Waals surface area contributed by atoms with Gasteiger partial charge in [0, 0.05) is 49.2 Å². The first kappa shape index (κ1) is 19.5. The third-order valence-corrected chi connectivity index (χ3v) is 7.61. The van der Waals surface area contributed by atoms with E-state index in [1.807, 2.05) is 4.90 Å². The van der Waals surface area contributed by atoms with Crippen LogP contribution < -0.4 is 10.3 Å². The maximum Gasteiger partial charge on any atom is 0.416 e. The minimum atomic E-state index is -4.77. The first-order valence-corrected chi connectivity index (χ1v) is 10.4. The van der Waals surface area contributed by atoms with Crippen molar-refractivity contribution < 1.29 is 22.8 Å². The van der Waals surface area contributed by atoms with Gasteiger partial charge in [0.25, 0.3) is 5.69 Å². The van der Waals surface area contributed by atoms with Crippen molar-refractivity contribution in [2.45, 2.75) is 24.0 Å². The van der Waals surface area contributed by atoms with Crippen LogP contribution in [0, 0.1) is 10.1 Å². The Balaban J connectivity index is 1.75. The van der Waals surface area contributed by atoms with Crippen molar-refractivity contribution in [2.24, 2.45) is 0 Å². The van der Waals surface area contributed by atoms with Crippen LogP contribution >= 0.6 is 23.1 Å². The van der Waals surface area contributed by atoms with Crippen LogP contribution in [0.15, 0.2) is 23.0 Å². The molecule has 4 rings (SSSR count). The lowest BCUT2D eigenvalue weighted by Crippen LogP contribution is -2.42. The highest BCUT2D eigenvalue weighted by Gasteiger charge is 2.40. The number of anilines is 1. The number of alkyl halides is 3. The molecule has 0 amide bonds. The SMILES string of the molecule is O=c1cc(N2CCC3(CC2)OCCS3)sc2c([N+](=O)[O-])cc(C(F)(F)F)cc12.